The summed E-state index contributed by atoms with van der Waals surface area (Å²) in [5.74, 6) is 0. The van der Waals surface area contributed by atoms with E-state index in [0.717, 1.165) is 43.7 Å². The lowest BCUT2D eigenvalue weighted by Gasteiger charge is -2.51. The van der Waals surface area contributed by atoms with Gasteiger partial charge in [0.25, 0.3) is 0 Å². The molecule has 0 bridgehead atoms. The zero-order chi connectivity index (χ0) is 14.0. The fourth-order valence-corrected chi connectivity index (χ4v) is 3.33. The van der Waals surface area contributed by atoms with E-state index in [-0.39, 0.29) is 6.03 Å². The summed E-state index contributed by atoms with van der Waals surface area (Å²) >= 11 is 0. The minimum absolute atomic E-state index is 0.0881. The molecule has 4 nitrogen and oxygen atoms in total. The number of amides is 2. The molecule has 1 aromatic carbocycles. The lowest BCUT2D eigenvalue weighted by molar-refractivity contribution is -0.0507. The second-order valence-electron chi connectivity index (χ2n) is 5.98. The maximum Gasteiger partial charge on any atom is 0.319 e. The van der Waals surface area contributed by atoms with Crippen LogP contribution in [0.25, 0.3) is 0 Å². The molecule has 1 unspecified atom stereocenters. The third-order valence-electron chi connectivity index (χ3n) is 4.86. The fourth-order valence-electron chi connectivity index (χ4n) is 3.33. The van der Waals surface area contributed by atoms with E-state index in [1.54, 1.807) is 0 Å². The van der Waals surface area contributed by atoms with Crippen LogP contribution in [0.2, 0.25) is 0 Å². The summed E-state index contributed by atoms with van der Waals surface area (Å²) in [4.78, 5) is 12.1. The molecule has 1 aliphatic heterocycles. The van der Waals surface area contributed by atoms with Crippen LogP contribution in [0.4, 0.5) is 10.5 Å². The Hall–Kier alpha value is -1.55. The zero-order valence-electron chi connectivity index (χ0n) is 11.9. The Kier molecular flexibility index (Phi) is 3.66. The molecule has 1 aliphatic carbocycles. The van der Waals surface area contributed by atoms with Gasteiger partial charge >= 0.3 is 6.03 Å². The quantitative estimate of drug-likeness (QED) is 0.870. The fraction of sp³-hybridized carbons (Fsp3) is 0.562. The number of carbonyl (C=O) groups is 1. The van der Waals surface area contributed by atoms with Crippen molar-refractivity contribution in [2.45, 2.75) is 38.6 Å². The van der Waals surface area contributed by atoms with E-state index in [2.05, 4.69) is 10.6 Å². The molecule has 4 heteroatoms. The summed E-state index contributed by atoms with van der Waals surface area (Å²) in [6.45, 7) is 3.66. The summed E-state index contributed by atoms with van der Waals surface area (Å²) in [7, 11) is 0. The highest BCUT2D eigenvalue weighted by atomic mass is 16.5. The Morgan fingerprint density at radius 2 is 2.00 bits per heavy atom. The zero-order valence-corrected chi connectivity index (χ0v) is 11.9. The normalized spacial score (nSPS) is 23.9. The summed E-state index contributed by atoms with van der Waals surface area (Å²) < 4.78 is 5.44. The topological polar surface area (TPSA) is 50.4 Å². The largest absolute Gasteiger partial charge is 0.381 e. The van der Waals surface area contributed by atoms with Crippen LogP contribution in [-0.4, -0.2) is 25.3 Å². The van der Waals surface area contributed by atoms with E-state index in [0.29, 0.717) is 11.5 Å². The van der Waals surface area contributed by atoms with Gasteiger partial charge in [0.2, 0.25) is 0 Å². The van der Waals surface area contributed by atoms with Gasteiger partial charge in [-0.2, -0.15) is 0 Å². The lowest BCUT2D eigenvalue weighted by Crippen LogP contribution is -2.57. The average molecular weight is 274 g/mol. The predicted molar refractivity (Wildman–Crippen MR) is 78.8 cm³/mol. The maximum absolute atomic E-state index is 12.1. The van der Waals surface area contributed by atoms with Gasteiger partial charge in [0.05, 0.1) is 0 Å². The van der Waals surface area contributed by atoms with Gasteiger partial charge in [-0.05, 0) is 49.7 Å². The maximum atomic E-state index is 12.1. The van der Waals surface area contributed by atoms with Gasteiger partial charge in [-0.15, -0.1) is 0 Å². The van der Waals surface area contributed by atoms with Crippen molar-refractivity contribution >= 4 is 11.7 Å². The summed E-state index contributed by atoms with van der Waals surface area (Å²) in [5.41, 5.74) is 2.25. The number of aryl methyl sites for hydroxylation is 1. The third-order valence-corrected chi connectivity index (χ3v) is 4.86. The standard InChI is InChI=1S/C16H22N2O2/c1-12-4-2-3-5-13(12)17-15(19)18-14-6-7-16(14)8-10-20-11-9-16/h2-5,14H,6-11H2,1H3,(H2,17,18,19). The Balaban J connectivity index is 1.58. The van der Waals surface area contributed by atoms with Crippen LogP contribution < -0.4 is 10.6 Å². The van der Waals surface area contributed by atoms with Crippen molar-refractivity contribution in [2.75, 3.05) is 18.5 Å². The first-order valence-electron chi connectivity index (χ1n) is 7.41. The Bertz CT molecular complexity index is 495. The number of para-hydroxylation sites is 1. The van der Waals surface area contributed by atoms with Gasteiger partial charge in [0.1, 0.15) is 0 Å². The minimum atomic E-state index is -0.0881. The molecule has 1 aromatic rings. The van der Waals surface area contributed by atoms with E-state index < -0.39 is 0 Å². The molecular weight excluding hydrogens is 252 g/mol. The molecule has 0 aromatic heterocycles. The number of ether oxygens (including phenoxy) is 1. The van der Waals surface area contributed by atoms with Crippen molar-refractivity contribution in [1.29, 1.82) is 0 Å². The monoisotopic (exact) mass is 274 g/mol. The van der Waals surface area contributed by atoms with Crippen molar-refractivity contribution in [3.63, 3.8) is 0 Å². The molecule has 1 atom stereocenters. The first kappa shape index (κ1) is 13.4. The average Bonchev–Trinajstić information content (AvgIpc) is 2.47. The van der Waals surface area contributed by atoms with Crippen LogP contribution >= 0.6 is 0 Å². The lowest BCUT2D eigenvalue weighted by atomic mass is 9.60. The van der Waals surface area contributed by atoms with Gasteiger partial charge in [-0.25, -0.2) is 4.79 Å². The number of carbonyl (C=O) groups excluding carboxylic acids is 1. The van der Waals surface area contributed by atoms with Gasteiger partial charge in [-0.3, -0.25) is 0 Å². The second-order valence-corrected chi connectivity index (χ2v) is 5.98. The predicted octanol–water partition coefficient (Wildman–Crippen LogP) is 3.08. The van der Waals surface area contributed by atoms with Gasteiger partial charge in [0.15, 0.2) is 0 Å². The number of urea groups is 1. The van der Waals surface area contributed by atoms with Crippen molar-refractivity contribution in [3.05, 3.63) is 29.8 Å². The molecular formula is C16H22N2O2. The van der Waals surface area contributed by atoms with Crippen LogP contribution in [0, 0.1) is 12.3 Å². The van der Waals surface area contributed by atoms with Crippen LogP contribution in [0.15, 0.2) is 24.3 Å². The van der Waals surface area contributed by atoms with Crippen molar-refractivity contribution in [1.82, 2.24) is 5.32 Å². The van der Waals surface area contributed by atoms with Crippen LogP contribution in [0.3, 0.4) is 0 Å². The SMILES string of the molecule is Cc1ccccc1NC(=O)NC1CCC12CCOCC2. The van der Waals surface area contributed by atoms with Crippen molar-refractivity contribution in [3.8, 4) is 0 Å². The number of hydrogen-bond acceptors (Lipinski definition) is 2. The van der Waals surface area contributed by atoms with E-state index in [1.807, 2.05) is 31.2 Å². The van der Waals surface area contributed by atoms with Crippen LogP contribution in [-0.2, 0) is 4.74 Å². The minimum Gasteiger partial charge on any atom is -0.381 e. The molecule has 2 N–H and O–H groups in total. The smallest absolute Gasteiger partial charge is 0.319 e. The first-order valence-corrected chi connectivity index (χ1v) is 7.41. The highest BCUT2D eigenvalue weighted by molar-refractivity contribution is 5.90. The van der Waals surface area contributed by atoms with E-state index in [9.17, 15) is 4.79 Å². The number of anilines is 1. The molecule has 3 rings (SSSR count). The molecule has 2 fully saturated rings. The molecule has 2 amide bonds. The Labute approximate surface area is 119 Å². The molecule has 1 saturated carbocycles. The van der Waals surface area contributed by atoms with Crippen molar-refractivity contribution in [2.24, 2.45) is 5.41 Å². The molecule has 2 aliphatic rings. The van der Waals surface area contributed by atoms with Gasteiger partial charge < -0.3 is 15.4 Å². The van der Waals surface area contributed by atoms with E-state index in [4.69, 9.17) is 4.74 Å². The second kappa shape index (κ2) is 5.44. The van der Waals surface area contributed by atoms with Gasteiger partial charge in [0, 0.05) is 24.9 Å². The highest BCUT2D eigenvalue weighted by Crippen LogP contribution is 2.48. The molecule has 108 valence electrons. The Morgan fingerprint density at radius 3 is 2.65 bits per heavy atom. The van der Waals surface area contributed by atoms with Crippen LogP contribution in [0.5, 0.6) is 0 Å². The van der Waals surface area contributed by atoms with E-state index >= 15 is 0 Å². The molecule has 1 heterocycles. The highest BCUT2D eigenvalue weighted by Gasteiger charge is 2.47. The summed E-state index contributed by atoms with van der Waals surface area (Å²) in [6, 6.07) is 8.05. The summed E-state index contributed by atoms with van der Waals surface area (Å²) in [6.07, 6.45) is 4.44. The third kappa shape index (κ3) is 2.52. The number of rotatable bonds is 2. The number of benzene rings is 1. The number of nitrogens with one attached hydrogen (secondary N) is 2. The molecule has 1 saturated heterocycles. The molecule has 0 radical (unpaired) electrons. The Morgan fingerprint density at radius 1 is 1.25 bits per heavy atom. The summed E-state index contributed by atoms with van der Waals surface area (Å²) in [5, 5.41) is 6.10. The van der Waals surface area contributed by atoms with Gasteiger partial charge in [-0.1, -0.05) is 18.2 Å². The first-order chi connectivity index (χ1) is 9.70. The van der Waals surface area contributed by atoms with E-state index in [1.165, 1.54) is 6.42 Å². The molecule has 20 heavy (non-hydrogen) atoms. The molecule has 1 spiro atoms. The number of hydrogen-bond donors (Lipinski definition) is 2. The van der Waals surface area contributed by atoms with Crippen molar-refractivity contribution < 1.29 is 9.53 Å². The van der Waals surface area contributed by atoms with Crippen LogP contribution in [0.1, 0.15) is 31.2 Å².